The van der Waals surface area contributed by atoms with Gasteiger partial charge in [-0.3, -0.25) is 0 Å². The van der Waals surface area contributed by atoms with Gasteiger partial charge < -0.3 is 10.2 Å². The lowest BCUT2D eigenvalue weighted by atomic mass is 9.68. The summed E-state index contributed by atoms with van der Waals surface area (Å²) in [7, 11) is 3.81. The Morgan fingerprint density at radius 2 is 2.06 bits per heavy atom. The number of hydrogen-bond acceptors (Lipinski definition) is 2. The van der Waals surface area contributed by atoms with Gasteiger partial charge >= 0.3 is 0 Å². The lowest BCUT2D eigenvalue weighted by Crippen LogP contribution is -2.47. The van der Waals surface area contributed by atoms with Gasteiger partial charge in [-0.2, -0.15) is 0 Å². The molecule has 0 saturated heterocycles. The highest BCUT2D eigenvalue weighted by Gasteiger charge is 2.37. The third kappa shape index (κ3) is 2.64. The summed E-state index contributed by atoms with van der Waals surface area (Å²) in [5.74, 6) is -1.02. The second-order valence-corrected chi connectivity index (χ2v) is 5.34. The summed E-state index contributed by atoms with van der Waals surface area (Å²) in [5, 5.41) is 3.21. The van der Waals surface area contributed by atoms with Crippen LogP contribution in [-0.4, -0.2) is 27.2 Å². The lowest BCUT2D eigenvalue weighted by molar-refractivity contribution is 0.142. The van der Waals surface area contributed by atoms with Crippen molar-refractivity contribution < 1.29 is 8.78 Å². The van der Waals surface area contributed by atoms with Crippen LogP contribution >= 0.6 is 0 Å². The van der Waals surface area contributed by atoms with E-state index in [-0.39, 0.29) is 5.41 Å². The monoisotopic (exact) mass is 254 g/mol. The van der Waals surface area contributed by atoms with Gasteiger partial charge in [0.1, 0.15) is 11.6 Å². The standard InChI is InChI=1S/C14H20F2N2/c1-17-9-14(6-3-7-14)10-18(2)13-5-4-11(15)8-12(13)16/h4-5,8,17H,3,6-7,9-10H2,1-2H3. The summed E-state index contributed by atoms with van der Waals surface area (Å²) in [6.07, 6.45) is 3.57. The van der Waals surface area contributed by atoms with Crippen molar-refractivity contribution in [1.29, 1.82) is 0 Å². The highest BCUT2D eigenvalue weighted by Crippen LogP contribution is 2.41. The van der Waals surface area contributed by atoms with E-state index in [1.54, 1.807) is 0 Å². The maximum absolute atomic E-state index is 13.7. The molecule has 0 aromatic heterocycles. The molecule has 18 heavy (non-hydrogen) atoms. The Hall–Kier alpha value is -1.16. The van der Waals surface area contributed by atoms with Crippen molar-refractivity contribution in [3.63, 3.8) is 0 Å². The highest BCUT2D eigenvalue weighted by molar-refractivity contribution is 5.47. The van der Waals surface area contributed by atoms with Gasteiger partial charge in [0.15, 0.2) is 0 Å². The minimum Gasteiger partial charge on any atom is -0.372 e. The minimum absolute atomic E-state index is 0.240. The van der Waals surface area contributed by atoms with Gasteiger partial charge in [-0.1, -0.05) is 6.42 Å². The van der Waals surface area contributed by atoms with Crippen LogP contribution in [-0.2, 0) is 0 Å². The number of halogens is 2. The SMILES string of the molecule is CNCC1(CN(C)c2ccc(F)cc2F)CCC1. The summed E-state index contributed by atoms with van der Waals surface area (Å²) >= 11 is 0. The molecule has 1 fully saturated rings. The van der Waals surface area contributed by atoms with Crippen molar-refractivity contribution in [3.8, 4) is 0 Å². The number of anilines is 1. The molecule has 1 saturated carbocycles. The Morgan fingerprint density at radius 3 is 2.56 bits per heavy atom. The fourth-order valence-corrected chi connectivity index (χ4v) is 2.82. The number of nitrogens with zero attached hydrogens (tertiary/aromatic N) is 1. The van der Waals surface area contributed by atoms with Crippen LogP contribution in [0.25, 0.3) is 0 Å². The van der Waals surface area contributed by atoms with Gasteiger partial charge in [0.05, 0.1) is 5.69 Å². The van der Waals surface area contributed by atoms with Crippen LogP contribution in [0.3, 0.4) is 0 Å². The van der Waals surface area contributed by atoms with E-state index in [1.807, 2.05) is 19.0 Å². The molecular formula is C14H20F2N2. The zero-order valence-electron chi connectivity index (χ0n) is 11.0. The molecule has 0 spiro atoms. The maximum Gasteiger partial charge on any atom is 0.149 e. The van der Waals surface area contributed by atoms with E-state index < -0.39 is 11.6 Å². The zero-order valence-corrected chi connectivity index (χ0v) is 11.0. The molecule has 0 aliphatic heterocycles. The van der Waals surface area contributed by atoms with Crippen LogP contribution < -0.4 is 10.2 Å². The van der Waals surface area contributed by atoms with Gasteiger partial charge in [0, 0.05) is 31.6 Å². The fourth-order valence-electron chi connectivity index (χ4n) is 2.82. The van der Waals surface area contributed by atoms with E-state index in [0.717, 1.165) is 19.2 Å². The van der Waals surface area contributed by atoms with E-state index in [4.69, 9.17) is 0 Å². The quantitative estimate of drug-likeness (QED) is 0.869. The van der Waals surface area contributed by atoms with Crippen LogP contribution in [0.4, 0.5) is 14.5 Å². The molecule has 0 atom stereocenters. The molecule has 1 aromatic carbocycles. The van der Waals surface area contributed by atoms with E-state index in [2.05, 4.69) is 5.32 Å². The molecule has 2 nitrogen and oxygen atoms in total. The van der Waals surface area contributed by atoms with Crippen LogP contribution in [0.15, 0.2) is 18.2 Å². The molecule has 0 bridgehead atoms. The number of nitrogens with one attached hydrogen (secondary N) is 1. The minimum atomic E-state index is -0.529. The van der Waals surface area contributed by atoms with E-state index >= 15 is 0 Å². The Morgan fingerprint density at radius 1 is 1.33 bits per heavy atom. The van der Waals surface area contributed by atoms with E-state index in [9.17, 15) is 8.78 Å². The van der Waals surface area contributed by atoms with Crippen LogP contribution in [0.5, 0.6) is 0 Å². The number of benzene rings is 1. The summed E-state index contributed by atoms with van der Waals surface area (Å²) in [5.41, 5.74) is 0.711. The molecule has 1 aromatic rings. The molecule has 0 heterocycles. The third-order valence-electron chi connectivity index (χ3n) is 3.86. The topological polar surface area (TPSA) is 15.3 Å². The van der Waals surface area contributed by atoms with Crippen molar-refractivity contribution >= 4 is 5.69 Å². The van der Waals surface area contributed by atoms with Crippen molar-refractivity contribution in [3.05, 3.63) is 29.8 Å². The van der Waals surface area contributed by atoms with Gasteiger partial charge in [0.2, 0.25) is 0 Å². The molecule has 0 amide bonds. The van der Waals surface area contributed by atoms with Gasteiger partial charge in [-0.25, -0.2) is 8.78 Å². The first-order valence-electron chi connectivity index (χ1n) is 6.37. The van der Waals surface area contributed by atoms with Crippen LogP contribution in [0.1, 0.15) is 19.3 Å². The fraction of sp³-hybridized carbons (Fsp3) is 0.571. The molecule has 100 valence electrons. The molecule has 0 radical (unpaired) electrons. The molecule has 1 aliphatic rings. The van der Waals surface area contributed by atoms with Crippen molar-refractivity contribution in [2.45, 2.75) is 19.3 Å². The third-order valence-corrected chi connectivity index (χ3v) is 3.86. The highest BCUT2D eigenvalue weighted by atomic mass is 19.1. The Labute approximate surface area is 107 Å². The van der Waals surface area contributed by atoms with Crippen molar-refractivity contribution in [1.82, 2.24) is 5.32 Å². The van der Waals surface area contributed by atoms with E-state index in [0.29, 0.717) is 5.69 Å². The average molecular weight is 254 g/mol. The predicted molar refractivity (Wildman–Crippen MR) is 69.8 cm³/mol. The van der Waals surface area contributed by atoms with Gasteiger partial charge in [-0.05, 0) is 32.0 Å². The number of rotatable bonds is 5. The van der Waals surface area contributed by atoms with Crippen molar-refractivity contribution in [2.75, 3.05) is 32.1 Å². The first kappa shape index (κ1) is 13.3. The molecule has 4 heteroatoms. The molecule has 2 rings (SSSR count). The largest absolute Gasteiger partial charge is 0.372 e. The second-order valence-electron chi connectivity index (χ2n) is 5.34. The zero-order chi connectivity index (χ0) is 13.2. The lowest BCUT2D eigenvalue weighted by Gasteiger charge is -2.45. The second kappa shape index (κ2) is 5.22. The van der Waals surface area contributed by atoms with Gasteiger partial charge in [-0.15, -0.1) is 0 Å². The first-order chi connectivity index (χ1) is 8.56. The smallest absolute Gasteiger partial charge is 0.149 e. The molecule has 1 aliphatic carbocycles. The summed E-state index contributed by atoms with van der Waals surface area (Å²) in [6.45, 7) is 1.75. The normalized spacial score (nSPS) is 17.3. The summed E-state index contributed by atoms with van der Waals surface area (Å²) < 4.78 is 26.6. The van der Waals surface area contributed by atoms with Gasteiger partial charge in [0.25, 0.3) is 0 Å². The van der Waals surface area contributed by atoms with Crippen LogP contribution in [0, 0.1) is 17.0 Å². The van der Waals surface area contributed by atoms with E-state index in [1.165, 1.54) is 31.4 Å². The Kier molecular flexibility index (Phi) is 3.85. The Balaban J connectivity index is 2.09. The van der Waals surface area contributed by atoms with Crippen LogP contribution in [0.2, 0.25) is 0 Å². The molecular weight excluding hydrogens is 234 g/mol. The molecule has 1 N–H and O–H groups in total. The number of hydrogen-bond donors (Lipinski definition) is 1. The molecule has 0 unspecified atom stereocenters. The maximum atomic E-state index is 13.7. The van der Waals surface area contributed by atoms with Crippen molar-refractivity contribution in [2.24, 2.45) is 5.41 Å². The summed E-state index contributed by atoms with van der Waals surface area (Å²) in [6, 6.07) is 3.76. The first-order valence-corrected chi connectivity index (χ1v) is 6.37. The average Bonchev–Trinajstić information content (AvgIpc) is 2.26. The predicted octanol–water partition coefficient (Wildman–Crippen LogP) is 2.79. The Bertz CT molecular complexity index is 416. The summed E-state index contributed by atoms with van der Waals surface area (Å²) in [4.78, 5) is 1.89.